The highest BCUT2D eigenvalue weighted by Gasteiger charge is 2.64. The van der Waals surface area contributed by atoms with Gasteiger partial charge in [-0.1, -0.05) is 40.0 Å². The van der Waals surface area contributed by atoms with Gasteiger partial charge >= 0.3 is 0 Å². The second-order valence-electron chi connectivity index (χ2n) is 11.1. The van der Waals surface area contributed by atoms with Crippen LogP contribution in [0.4, 0.5) is 0 Å². The zero-order valence-corrected chi connectivity index (χ0v) is 17.6. The Morgan fingerprint density at radius 2 is 1.73 bits per heavy atom. The Kier molecular flexibility index (Phi) is 5.01. The van der Waals surface area contributed by atoms with Crippen LogP contribution in [0.5, 0.6) is 0 Å². The molecule has 0 aliphatic heterocycles. The summed E-state index contributed by atoms with van der Waals surface area (Å²) < 4.78 is 0. The van der Waals surface area contributed by atoms with E-state index >= 15 is 0 Å². The van der Waals surface area contributed by atoms with Gasteiger partial charge in [0.2, 0.25) is 0 Å². The van der Waals surface area contributed by atoms with Crippen molar-refractivity contribution >= 4 is 0 Å². The summed E-state index contributed by atoms with van der Waals surface area (Å²) >= 11 is 0. The average Bonchev–Trinajstić information content (AvgIpc) is 2.96. The third kappa shape index (κ3) is 2.50. The zero-order chi connectivity index (χ0) is 18.6. The van der Waals surface area contributed by atoms with Crippen LogP contribution in [0.1, 0.15) is 97.8 Å². The van der Waals surface area contributed by atoms with Gasteiger partial charge in [-0.3, -0.25) is 0 Å². The first kappa shape index (κ1) is 19.2. The lowest BCUT2D eigenvalue weighted by Crippen LogP contribution is -2.69. The fourth-order valence-corrected chi connectivity index (χ4v) is 9.03. The molecule has 0 bridgehead atoms. The highest BCUT2D eigenvalue weighted by molar-refractivity contribution is 5.17. The predicted molar refractivity (Wildman–Crippen MR) is 109 cm³/mol. The van der Waals surface area contributed by atoms with Gasteiger partial charge < -0.3 is 10.8 Å². The van der Waals surface area contributed by atoms with Gasteiger partial charge in [0, 0.05) is 12.1 Å². The maximum absolute atomic E-state index is 9.34. The first-order chi connectivity index (χ1) is 12.4. The van der Waals surface area contributed by atoms with Gasteiger partial charge in [0.05, 0.1) is 0 Å². The van der Waals surface area contributed by atoms with E-state index in [1.54, 1.807) is 0 Å². The molecule has 4 fully saturated rings. The van der Waals surface area contributed by atoms with Crippen LogP contribution in [0.2, 0.25) is 0 Å². The van der Waals surface area contributed by atoms with Crippen molar-refractivity contribution in [1.82, 2.24) is 0 Å². The molecule has 0 amide bonds. The number of fused-ring (bicyclic) bond motifs is 5. The van der Waals surface area contributed by atoms with E-state index in [0.717, 1.165) is 36.0 Å². The molecule has 4 saturated carbocycles. The third-order valence-electron chi connectivity index (χ3n) is 10.5. The second-order valence-corrected chi connectivity index (χ2v) is 11.1. The van der Waals surface area contributed by atoms with Gasteiger partial charge in [-0.15, -0.1) is 0 Å². The molecule has 4 rings (SSSR count). The standard InChI is InChI=1S/C24H43NO/c1-4-17-16-19-20-10-9-18(8-7-15-26)22(20,2)14-11-21(19)23(3)12-5-6-13-24(17,23)25/h17-21,26H,4-16,25H2,1-3H3/t17-,18?,19?,20?,21-,22?,23?,24?/m0/s1. The number of nitrogens with two attached hydrogens (primary N) is 1. The van der Waals surface area contributed by atoms with E-state index in [4.69, 9.17) is 5.73 Å². The molecule has 6 unspecified atom stereocenters. The molecule has 0 aromatic carbocycles. The highest BCUT2D eigenvalue weighted by atomic mass is 16.2. The lowest BCUT2D eigenvalue weighted by Gasteiger charge is -2.67. The zero-order valence-electron chi connectivity index (χ0n) is 17.6. The van der Waals surface area contributed by atoms with Crippen LogP contribution in [0, 0.1) is 40.4 Å². The second kappa shape index (κ2) is 6.76. The van der Waals surface area contributed by atoms with Gasteiger partial charge in [0.25, 0.3) is 0 Å². The molecule has 150 valence electrons. The summed E-state index contributed by atoms with van der Waals surface area (Å²) in [4.78, 5) is 0. The van der Waals surface area contributed by atoms with E-state index < -0.39 is 0 Å². The van der Waals surface area contributed by atoms with Crippen LogP contribution < -0.4 is 5.73 Å². The Morgan fingerprint density at radius 1 is 0.962 bits per heavy atom. The lowest BCUT2D eigenvalue weighted by atomic mass is 9.40. The average molecular weight is 362 g/mol. The molecule has 2 heteroatoms. The largest absolute Gasteiger partial charge is 0.396 e. The van der Waals surface area contributed by atoms with Crippen molar-refractivity contribution in [3.63, 3.8) is 0 Å². The molecule has 4 aliphatic carbocycles. The minimum absolute atomic E-state index is 0.101. The highest BCUT2D eigenvalue weighted by Crippen LogP contribution is 2.69. The predicted octanol–water partition coefficient (Wildman–Crippen LogP) is 5.53. The summed E-state index contributed by atoms with van der Waals surface area (Å²) in [5.74, 6) is 4.28. The Labute approximate surface area is 161 Å². The van der Waals surface area contributed by atoms with Crippen molar-refractivity contribution in [2.24, 2.45) is 46.2 Å². The molecular weight excluding hydrogens is 318 g/mol. The molecule has 2 nitrogen and oxygen atoms in total. The molecule has 0 radical (unpaired) electrons. The summed E-state index contributed by atoms with van der Waals surface area (Å²) in [6, 6.07) is 0. The molecule has 4 aliphatic rings. The van der Waals surface area contributed by atoms with Crippen molar-refractivity contribution in [2.75, 3.05) is 6.61 Å². The minimum atomic E-state index is 0.101. The number of hydrogen-bond donors (Lipinski definition) is 2. The normalized spacial score (nSPS) is 53.7. The van der Waals surface area contributed by atoms with Crippen molar-refractivity contribution in [2.45, 2.75) is 103 Å². The fraction of sp³-hybridized carbons (Fsp3) is 1.00. The minimum Gasteiger partial charge on any atom is -0.396 e. The van der Waals surface area contributed by atoms with Crippen LogP contribution in [0.15, 0.2) is 0 Å². The summed E-state index contributed by atoms with van der Waals surface area (Å²) in [5, 5.41) is 9.34. The fourth-order valence-electron chi connectivity index (χ4n) is 9.03. The van der Waals surface area contributed by atoms with Crippen molar-refractivity contribution in [3.8, 4) is 0 Å². The summed E-state index contributed by atoms with van der Waals surface area (Å²) in [6.07, 6.45) is 16.0. The van der Waals surface area contributed by atoms with E-state index in [0.29, 0.717) is 17.4 Å². The maximum Gasteiger partial charge on any atom is 0.0431 e. The van der Waals surface area contributed by atoms with E-state index in [1.807, 2.05) is 0 Å². The Morgan fingerprint density at radius 3 is 2.46 bits per heavy atom. The molecule has 3 N–H and O–H groups in total. The van der Waals surface area contributed by atoms with Gasteiger partial charge in [-0.05, 0) is 98.2 Å². The Hall–Kier alpha value is -0.0800. The molecule has 0 saturated heterocycles. The number of rotatable bonds is 4. The lowest BCUT2D eigenvalue weighted by molar-refractivity contribution is -0.148. The smallest absolute Gasteiger partial charge is 0.0431 e. The molecule has 0 spiro atoms. The van der Waals surface area contributed by atoms with Gasteiger partial charge in [0.15, 0.2) is 0 Å². The molecule has 0 heterocycles. The maximum atomic E-state index is 9.34. The van der Waals surface area contributed by atoms with Crippen molar-refractivity contribution in [3.05, 3.63) is 0 Å². The van der Waals surface area contributed by atoms with Gasteiger partial charge in [-0.25, -0.2) is 0 Å². The summed E-state index contributed by atoms with van der Waals surface area (Å²) in [6.45, 7) is 7.99. The van der Waals surface area contributed by atoms with Crippen LogP contribution >= 0.6 is 0 Å². The van der Waals surface area contributed by atoms with Gasteiger partial charge in [-0.2, -0.15) is 0 Å². The third-order valence-corrected chi connectivity index (χ3v) is 10.5. The van der Waals surface area contributed by atoms with Crippen LogP contribution in [0.25, 0.3) is 0 Å². The number of hydrogen-bond acceptors (Lipinski definition) is 2. The summed E-state index contributed by atoms with van der Waals surface area (Å²) in [7, 11) is 0. The molecule has 8 atom stereocenters. The van der Waals surface area contributed by atoms with Gasteiger partial charge in [0.1, 0.15) is 0 Å². The molecule has 0 aromatic heterocycles. The van der Waals surface area contributed by atoms with E-state index in [9.17, 15) is 5.11 Å². The van der Waals surface area contributed by atoms with Crippen LogP contribution in [-0.4, -0.2) is 17.3 Å². The Bertz CT molecular complexity index is 520. The Balaban J connectivity index is 1.64. The van der Waals surface area contributed by atoms with E-state index in [-0.39, 0.29) is 5.54 Å². The van der Waals surface area contributed by atoms with Crippen LogP contribution in [-0.2, 0) is 0 Å². The van der Waals surface area contributed by atoms with E-state index in [2.05, 4.69) is 20.8 Å². The van der Waals surface area contributed by atoms with E-state index in [1.165, 1.54) is 70.6 Å². The first-order valence-corrected chi connectivity index (χ1v) is 11.8. The van der Waals surface area contributed by atoms with Crippen molar-refractivity contribution in [1.29, 1.82) is 0 Å². The van der Waals surface area contributed by atoms with Crippen molar-refractivity contribution < 1.29 is 5.11 Å². The molecule has 26 heavy (non-hydrogen) atoms. The quantitative estimate of drug-likeness (QED) is 0.692. The summed E-state index contributed by atoms with van der Waals surface area (Å²) in [5.41, 5.74) is 8.31. The molecular formula is C24H43NO. The number of aliphatic hydroxyl groups is 1. The molecule has 0 aromatic rings. The van der Waals surface area contributed by atoms with Crippen LogP contribution in [0.3, 0.4) is 0 Å². The first-order valence-electron chi connectivity index (χ1n) is 11.8. The topological polar surface area (TPSA) is 46.2 Å². The number of aliphatic hydroxyl groups excluding tert-OH is 1. The monoisotopic (exact) mass is 361 g/mol. The SMILES string of the molecule is CC[C@H]1CC2C3CCC(CCCO)C3(C)CC[C@@H]2C2(C)CCCCC12N.